The summed E-state index contributed by atoms with van der Waals surface area (Å²) in [5, 5.41) is 11.7. The molecule has 3 nitrogen and oxygen atoms in total. The molecular weight excluding hydrogens is 190 g/mol. The van der Waals surface area contributed by atoms with E-state index in [1.807, 2.05) is 13.8 Å². The average Bonchev–Trinajstić information content (AvgIpc) is 2.11. The molecule has 0 aliphatic carbocycles. The molecule has 0 spiro atoms. The van der Waals surface area contributed by atoms with Crippen LogP contribution >= 0.6 is 11.6 Å². The van der Waals surface area contributed by atoms with Crippen LogP contribution in [-0.4, -0.2) is 30.0 Å². The summed E-state index contributed by atoms with van der Waals surface area (Å²) in [7, 11) is 0. The van der Waals surface area contributed by atoms with Gasteiger partial charge in [-0.15, -0.1) is 11.6 Å². The SMILES string of the molecule is CC(C)(CO)CNC(=O)CCCCl. The quantitative estimate of drug-likeness (QED) is 0.642. The van der Waals surface area contributed by atoms with E-state index >= 15 is 0 Å². The summed E-state index contributed by atoms with van der Waals surface area (Å²) < 4.78 is 0. The number of hydrogen-bond acceptors (Lipinski definition) is 2. The highest BCUT2D eigenvalue weighted by molar-refractivity contribution is 6.17. The van der Waals surface area contributed by atoms with Gasteiger partial charge in [0, 0.05) is 30.9 Å². The van der Waals surface area contributed by atoms with Crippen LogP contribution in [-0.2, 0) is 4.79 Å². The van der Waals surface area contributed by atoms with Crippen LogP contribution in [0.25, 0.3) is 0 Å². The molecule has 4 heteroatoms. The van der Waals surface area contributed by atoms with Gasteiger partial charge in [-0.3, -0.25) is 4.79 Å². The van der Waals surface area contributed by atoms with Gasteiger partial charge in [0.2, 0.25) is 5.91 Å². The Balaban J connectivity index is 3.57. The molecule has 0 unspecified atom stereocenters. The van der Waals surface area contributed by atoms with Crippen LogP contribution in [0.4, 0.5) is 0 Å². The molecule has 0 aromatic rings. The number of carbonyl (C=O) groups excluding carboxylic acids is 1. The first-order valence-corrected chi connectivity index (χ1v) is 4.99. The molecule has 0 heterocycles. The van der Waals surface area contributed by atoms with E-state index in [4.69, 9.17) is 16.7 Å². The topological polar surface area (TPSA) is 49.3 Å². The van der Waals surface area contributed by atoms with E-state index in [0.717, 1.165) is 0 Å². The Bertz CT molecular complexity index is 160. The number of hydrogen-bond donors (Lipinski definition) is 2. The smallest absolute Gasteiger partial charge is 0.220 e. The number of nitrogens with one attached hydrogen (secondary N) is 1. The molecule has 0 aliphatic heterocycles. The van der Waals surface area contributed by atoms with Crippen molar-refractivity contribution in [1.29, 1.82) is 0 Å². The maximum atomic E-state index is 11.1. The van der Waals surface area contributed by atoms with Crippen molar-refractivity contribution < 1.29 is 9.90 Å². The number of aliphatic hydroxyl groups is 1. The zero-order valence-electron chi connectivity index (χ0n) is 8.27. The second kappa shape index (κ2) is 6.22. The number of alkyl halides is 1. The summed E-state index contributed by atoms with van der Waals surface area (Å²) in [5.74, 6) is 0.513. The molecule has 0 bridgehead atoms. The Hall–Kier alpha value is -0.280. The van der Waals surface area contributed by atoms with Crippen molar-refractivity contribution in [3.05, 3.63) is 0 Å². The van der Waals surface area contributed by atoms with E-state index in [-0.39, 0.29) is 17.9 Å². The van der Waals surface area contributed by atoms with E-state index in [1.165, 1.54) is 0 Å². The largest absolute Gasteiger partial charge is 0.396 e. The van der Waals surface area contributed by atoms with Gasteiger partial charge in [0.1, 0.15) is 0 Å². The summed E-state index contributed by atoms with van der Waals surface area (Å²) in [6.45, 7) is 4.37. The highest BCUT2D eigenvalue weighted by Gasteiger charge is 2.16. The molecule has 0 fully saturated rings. The zero-order valence-corrected chi connectivity index (χ0v) is 9.02. The van der Waals surface area contributed by atoms with Gasteiger partial charge in [-0.05, 0) is 6.42 Å². The third-order valence-corrected chi connectivity index (χ3v) is 2.00. The molecule has 0 aliphatic rings. The van der Waals surface area contributed by atoms with E-state index < -0.39 is 0 Å². The normalized spacial score (nSPS) is 11.4. The number of halogens is 1. The van der Waals surface area contributed by atoms with Crippen LogP contribution in [0.5, 0.6) is 0 Å². The molecular formula is C9H18ClNO2. The van der Waals surface area contributed by atoms with Crippen molar-refractivity contribution in [2.45, 2.75) is 26.7 Å². The van der Waals surface area contributed by atoms with Crippen LogP contribution in [0.2, 0.25) is 0 Å². The Morgan fingerprint density at radius 2 is 2.15 bits per heavy atom. The van der Waals surface area contributed by atoms with Crippen LogP contribution in [0, 0.1) is 5.41 Å². The number of aliphatic hydroxyl groups excluding tert-OH is 1. The van der Waals surface area contributed by atoms with Crippen molar-refractivity contribution in [2.75, 3.05) is 19.0 Å². The monoisotopic (exact) mass is 207 g/mol. The Kier molecular flexibility index (Phi) is 6.08. The second-order valence-electron chi connectivity index (χ2n) is 3.89. The van der Waals surface area contributed by atoms with Gasteiger partial charge in [-0.2, -0.15) is 0 Å². The van der Waals surface area contributed by atoms with Crippen LogP contribution in [0.3, 0.4) is 0 Å². The van der Waals surface area contributed by atoms with Crippen molar-refractivity contribution >= 4 is 17.5 Å². The number of carbonyl (C=O) groups is 1. The Morgan fingerprint density at radius 1 is 1.54 bits per heavy atom. The van der Waals surface area contributed by atoms with Gasteiger partial charge in [-0.25, -0.2) is 0 Å². The summed E-state index contributed by atoms with van der Waals surface area (Å²) >= 11 is 5.44. The minimum atomic E-state index is -0.239. The number of rotatable bonds is 6. The summed E-state index contributed by atoms with van der Waals surface area (Å²) in [6, 6.07) is 0. The van der Waals surface area contributed by atoms with Crippen LogP contribution < -0.4 is 5.32 Å². The van der Waals surface area contributed by atoms with Gasteiger partial charge in [-0.1, -0.05) is 13.8 Å². The zero-order chi connectivity index (χ0) is 10.3. The molecule has 0 rings (SSSR count). The van der Waals surface area contributed by atoms with Gasteiger partial charge in [0.25, 0.3) is 0 Å². The van der Waals surface area contributed by atoms with Crippen molar-refractivity contribution in [3.8, 4) is 0 Å². The second-order valence-corrected chi connectivity index (χ2v) is 4.27. The minimum Gasteiger partial charge on any atom is -0.396 e. The molecule has 0 saturated carbocycles. The maximum Gasteiger partial charge on any atom is 0.220 e. The van der Waals surface area contributed by atoms with Crippen molar-refractivity contribution in [1.82, 2.24) is 5.32 Å². The molecule has 1 amide bonds. The molecule has 78 valence electrons. The third kappa shape index (κ3) is 6.84. The van der Waals surface area contributed by atoms with Gasteiger partial charge in [0.05, 0.1) is 0 Å². The highest BCUT2D eigenvalue weighted by Crippen LogP contribution is 2.11. The molecule has 0 radical (unpaired) electrons. The lowest BCUT2D eigenvalue weighted by molar-refractivity contribution is -0.121. The summed E-state index contributed by atoms with van der Waals surface area (Å²) in [5.41, 5.74) is -0.239. The molecule has 0 aromatic heterocycles. The fourth-order valence-corrected chi connectivity index (χ4v) is 0.843. The lowest BCUT2D eigenvalue weighted by Crippen LogP contribution is -2.35. The first-order chi connectivity index (χ1) is 6.02. The van der Waals surface area contributed by atoms with Crippen LogP contribution in [0.15, 0.2) is 0 Å². The van der Waals surface area contributed by atoms with E-state index in [1.54, 1.807) is 0 Å². The Labute approximate surface area is 84.5 Å². The van der Waals surface area contributed by atoms with Gasteiger partial charge in [0.15, 0.2) is 0 Å². The van der Waals surface area contributed by atoms with E-state index in [2.05, 4.69) is 5.32 Å². The van der Waals surface area contributed by atoms with Crippen LogP contribution in [0.1, 0.15) is 26.7 Å². The molecule has 0 saturated heterocycles. The predicted molar refractivity (Wildman–Crippen MR) is 53.8 cm³/mol. The highest BCUT2D eigenvalue weighted by atomic mass is 35.5. The fourth-order valence-electron chi connectivity index (χ4n) is 0.710. The average molecular weight is 208 g/mol. The predicted octanol–water partition coefficient (Wildman–Crippen LogP) is 1.14. The van der Waals surface area contributed by atoms with Gasteiger partial charge >= 0.3 is 0 Å². The lowest BCUT2D eigenvalue weighted by atomic mass is 9.95. The molecule has 2 N–H and O–H groups in total. The lowest BCUT2D eigenvalue weighted by Gasteiger charge is -2.21. The maximum absolute atomic E-state index is 11.1. The molecule has 0 atom stereocenters. The Morgan fingerprint density at radius 3 is 2.62 bits per heavy atom. The third-order valence-electron chi connectivity index (χ3n) is 1.73. The standard InChI is InChI=1S/C9H18ClNO2/c1-9(2,7-12)6-11-8(13)4-3-5-10/h12H,3-7H2,1-2H3,(H,11,13). The molecule has 13 heavy (non-hydrogen) atoms. The summed E-state index contributed by atoms with van der Waals surface area (Å²) in [6.07, 6.45) is 1.16. The van der Waals surface area contributed by atoms with E-state index in [9.17, 15) is 4.79 Å². The van der Waals surface area contributed by atoms with Crippen molar-refractivity contribution in [3.63, 3.8) is 0 Å². The summed E-state index contributed by atoms with van der Waals surface area (Å²) in [4.78, 5) is 11.1. The van der Waals surface area contributed by atoms with Crippen molar-refractivity contribution in [2.24, 2.45) is 5.41 Å². The van der Waals surface area contributed by atoms with E-state index in [0.29, 0.717) is 25.3 Å². The first-order valence-electron chi connectivity index (χ1n) is 4.45. The first kappa shape index (κ1) is 12.7. The fraction of sp³-hybridized carbons (Fsp3) is 0.889. The van der Waals surface area contributed by atoms with Gasteiger partial charge < -0.3 is 10.4 Å². The molecule has 0 aromatic carbocycles. The number of amides is 1. The minimum absolute atomic E-state index is 0.00201.